The smallest absolute Gasteiger partial charge is 0.257 e. The first-order valence-electron chi connectivity index (χ1n) is 7.81. The summed E-state index contributed by atoms with van der Waals surface area (Å²) in [5, 5.41) is 7.94. The molecule has 1 aromatic carbocycles. The fourth-order valence-corrected chi connectivity index (χ4v) is 3.35. The molecule has 1 saturated heterocycles. The molecule has 0 unspecified atom stereocenters. The van der Waals surface area contributed by atoms with Crippen LogP contribution in [0.1, 0.15) is 34.1 Å². The number of halogens is 2. The zero-order valence-corrected chi connectivity index (χ0v) is 13.1. The van der Waals surface area contributed by atoms with Crippen LogP contribution in [0, 0.1) is 18.6 Å². The first-order valence-corrected chi connectivity index (χ1v) is 7.81. The number of hydrogen-bond acceptors (Lipinski definition) is 4. The van der Waals surface area contributed by atoms with Gasteiger partial charge in [0.1, 0.15) is 0 Å². The van der Waals surface area contributed by atoms with Crippen molar-refractivity contribution in [1.29, 1.82) is 0 Å². The second kappa shape index (κ2) is 5.62. The summed E-state index contributed by atoms with van der Waals surface area (Å²) in [7, 11) is 0. The summed E-state index contributed by atoms with van der Waals surface area (Å²) in [5.41, 5.74) is 0.779. The molecule has 1 aromatic heterocycles. The van der Waals surface area contributed by atoms with Gasteiger partial charge in [-0.05, 0) is 25.0 Å². The highest BCUT2D eigenvalue weighted by Crippen LogP contribution is 2.31. The Morgan fingerprint density at radius 1 is 1.33 bits per heavy atom. The predicted octanol–water partition coefficient (Wildman–Crippen LogP) is 1.85. The minimum Gasteiger partial charge on any atom is -0.370 e. The quantitative estimate of drug-likeness (QED) is 0.799. The highest BCUT2D eigenvalue weighted by Gasteiger charge is 2.38. The van der Waals surface area contributed by atoms with Gasteiger partial charge in [0, 0.05) is 13.1 Å². The van der Waals surface area contributed by atoms with E-state index >= 15 is 0 Å². The van der Waals surface area contributed by atoms with E-state index in [1.54, 1.807) is 10.9 Å². The van der Waals surface area contributed by atoms with E-state index in [0.717, 1.165) is 5.69 Å². The number of amides is 1. The van der Waals surface area contributed by atoms with Crippen molar-refractivity contribution in [2.45, 2.75) is 32.1 Å². The summed E-state index contributed by atoms with van der Waals surface area (Å²) in [6.45, 7) is 2.66. The topological polar surface area (TPSA) is 60.3 Å². The zero-order chi connectivity index (χ0) is 16.8. The van der Waals surface area contributed by atoms with Gasteiger partial charge in [-0.3, -0.25) is 4.79 Å². The third-order valence-corrected chi connectivity index (χ3v) is 4.72. The summed E-state index contributed by atoms with van der Waals surface area (Å²) in [6, 6.07) is 2.59. The maximum Gasteiger partial charge on any atom is 0.257 e. The normalized spacial score (nSPS) is 22.9. The van der Waals surface area contributed by atoms with E-state index in [9.17, 15) is 13.6 Å². The molecule has 1 amide bonds. The van der Waals surface area contributed by atoms with Crippen molar-refractivity contribution >= 4 is 5.91 Å². The number of carbonyl (C=O) groups excluding carboxylic acids is 1. The standard InChI is InChI=1S/C16H16F2N4O2/c1-9-2-3-11(15(18)14(9)17)16(23)21-5-4-13-12(7-21)22-10(8-24-13)6-19-20-22/h2-3,6,12-13H,4-5,7-8H2,1H3/t12-,13+/m0/s1. The molecule has 0 bridgehead atoms. The number of carbonyl (C=O) groups is 1. The average Bonchev–Trinajstić information content (AvgIpc) is 3.08. The number of fused-ring (bicyclic) bond motifs is 3. The first kappa shape index (κ1) is 15.2. The number of benzene rings is 1. The van der Waals surface area contributed by atoms with Gasteiger partial charge in [-0.2, -0.15) is 0 Å². The molecule has 1 fully saturated rings. The Morgan fingerprint density at radius 2 is 2.17 bits per heavy atom. The van der Waals surface area contributed by atoms with Crippen LogP contribution in [0.5, 0.6) is 0 Å². The maximum atomic E-state index is 14.1. The summed E-state index contributed by atoms with van der Waals surface area (Å²) in [6.07, 6.45) is 2.19. The lowest BCUT2D eigenvalue weighted by Crippen LogP contribution is -2.50. The van der Waals surface area contributed by atoms with Crippen LogP contribution in [0.25, 0.3) is 0 Å². The van der Waals surface area contributed by atoms with Gasteiger partial charge in [0.05, 0.1) is 36.2 Å². The van der Waals surface area contributed by atoms with Crippen LogP contribution < -0.4 is 0 Å². The number of likely N-dealkylation sites (tertiary alicyclic amines) is 1. The molecule has 6 nitrogen and oxygen atoms in total. The van der Waals surface area contributed by atoms with Gasteiger partial charge in [0.2, 0.25) is 0 Å². The molecule has 0 saturated carbocycles. The highest BCUT2D eigenvalue weighted by atomic mass is 19.2. The van der Waals surface area contributed by atoms with Gasteiger partial charge in [-0.15, -0.1) is 5.10 Å². The monoisotopic (exact) mass is 334 g/mol. The molecule has 0 N–H and O–H groups in total. The van der Waals surface area contributed by atoms with Gasteiger partial charge < -0.3 is 9.64 Å². The second-order valence-corrected chi connectivity index (χ2v) is 6.18. The van der Waals surface area contributed by atoms with E-state index in [1.807, 2.05) is 0 Å². The minimum absolute atomic E-state index is 0.0529. The van der Waals surface area contributed by atoms with Crippen LogP contribution >= 0.6 is 0 Å². The van der Waals surface area contributed by atoms with Crippen LogP contribution in [-0.2, 0) is 11.3 Å². The van der Waals surface area contributed by atoms with Gasteiger partial charge in [0.25, 0.3) is 5.91 Å². The molecule has 0 spiro atoms. The highest BCUT2D eigenvalue weighted by molar-refractivity contribution is 5.94. The third kappa shape index (κ3) is 2.29. The maximum absolute atomic E-state index is 14.1. The van der Waals surface area contributed by atoms with Crippen molar-refractivity contribution in [1.82, 2.24) is 19.9 Å². The van der Waals surface area contributed by atoms with Crippen LogP contribution in [0.2, 0.25) is 0 Å². The Morgan fingerprint density at radius 3 is 3.00 bits per heavy atom. The van der Waals surface area contributed by atoms with Crippen molar-refractivity contribution in [2.24, 2.45) is 0 Å². The molecule has 0 aliphatic carbocycles. The van der Waals surface area contributed by atoms with E-state index in [0.29, 0.717) is 26.1 Å². The summed E-state index contributed by atoms with van der Waals surface area (Å²) in [4.78, 5) is 14.2. The lowest BCUT2D eigenvalue weighted by Gasteiger charge is -2.41. The Bertz CT molecular complexity index is 807. The zero-order valence-electron chi connectivity index (χ0n) is 13.1. The lowest BCUT2D eigenvalue weighted by molar-refractivity contribution is -0.0605. The minimum atomic E-state index is -1.09. The van der Waals surface area contributed by atoms with Crippen LogP contribution in [0.15, 0.2) is 18.3 Å². The predicted molar refractivity (Wildman–Crippen MR) is 79.3 cm³/mol. The molecule has 2 aliphatic rings. The molecule has 24 heavy (non-hydrogen) atoms. The Kier molecular flexibility index (Phi) is 3.56. The average molecular weight is 334 g/mol. The van der Waals surface area contributed by atoms with E-state index < -0.39 is 17.5 Å². The van der Waals surface area contributed by atoms with E-state index in [1.165, 1.54) is 24.0 Å². The first-order chi connectivity index (χ1) is 11.6. The summed E-state index contributed by atoms with van der Waals surface area (Å²) in [5.74, 6) is -2.59. The number of hydrogen-bond donors (Lipinski definition) is 0. The van der Waals surface area contributed by atoms with Gasteiger partial charge in [-0.1, -0.05) is 11.3 Å². The van der Waals surface area contributed by atoms with Crippen LogP contribution in [0.3, 0.4) is 0 Å². The van der Waals surface area contributed by atoms with Crippen molar-refractivity contribution in [3.05, 3.63) is 46.8 Å². The SMILES string of the molecule is Cc1ccc(C(=O)N2CC[C@H]3OCc4cnnn4[C@H]3C2)c(F)c1F. The van der Waals surface area contributed by atoms with Gasteiger partial charge in [-0.25, -0.2) is 13.5 Å². The van der Waals surface area contributed by atoms with E-state index in [4.69, 9.17) is 4.74 Å². The van der Waals surface area contributed by atoms with E-state index in [2.05, 4.69) is 10.3 Å². The van der Waals surface area contributed by atoms with Crippen molar-refractivity contribution < 1.29 is 18.3 Å². The molecule has 8 heteroatoms. The molecular weight excluding hydrogens is 318 g/mol. The molecule has 0 radical (unpaired) electrons. The molecule has 2 aromatic rings. The Balaban J connectivity index is 1.61. The fraction of sp³-hybridized carbons (Fsp3) is 0.438. The number of ether oxygens (including phenoxy) is 1. The van der Waals surface area contributed by atoms with Crippen LogP contribution in [-0.4, -0.2) is 45.0 Å². The molecule has 2 atom stereocenters. The van der Waals surface area contributed by atoms with Gasteiger partial charge >= 0.3 is 0 Å². The Hall–Kier alpha value is -2.35. The fourth-order valence-electron chi connectivity index (χ4n) is 3.35. The molecule has 4 rings (SSSR count). The number of aryl methyl sites for hydroxylation is 1. The summed E-state index contributed by atoms with van der Waals surface area (Å²) >= 11 is 0. The number of piperidine rings is 1. The van der Waals surface area contributed by atoms with Crippen molar-refractivity contribution in [3.63, 3.8) is 0 Å². The number of aromatic nitrogens is 3. The van der Waals surface area contributed by atoms with Gasteiger partial charge in [0.15, 0.2) is 11.6 Å². The molecule has 3 heterocycles. The van der Waals surface area contributed by atoms with Crippen LogP contribution in [0.4, 0.5) is 8.78 Å². The lowest BCUT2D eigenvalue weighted by atomic mass is 9.99. The number of nitrogens with zero attached hydrogens (tertiary/aromatic N) is 4. The largest absolute Gasteiger partial charge is 0.370 e. The third-order valence-electron chi connectivity index (χ3n) is 4.72. The second-order valence-electron chi connectivity index (χ2n) is 6.18. The van der Waals surface area contributed by atoms with Crippen molar-refractivity contribution in [2.75, 3.05) is 13.1 Å². The van der Waals surface area contributed by atoms with Crippen molar-refractivity contribution in [3.8, 4) is 0 Å². The number of rotatable bonds is 1. The molecule has 2 aliphatic heterocycles. The molecular formula is C16H16F2N4O2. The van der Waals surface area contributed by atoms with E-state index in [-0.39, 0.29) is 23.3 Å². The molecule has 126 valence electrons. The Labute approximate surface area is 137 Å². The summed E-state index contributed by atoms with van der Waals surface area (Å²) < 4.78 is 35.4.